The molecule has 0 amide bonds. The minimum atomic E-state index is 0.777. The minimum absolute atomic E-state index is 0.777. The second-order valence-electron chi connectivity index (χ2n) is 9.13. The highest BCUT2D eigenvalue weighted by Gasteiger charge is 2.05. The van der Waals surface area contributed by atoms with Gasteiger partial charge in [0.2, 0.25) is 0 Å². The minimum Gasteiger partial charge on any atom is -0.494 e. The number of nitrogens with zero attached hydrogens (tertiary/aromatic N) is 3. The van der Waals surface area contributed by atoms with Crippen LogP contribution in [0.15, 0.2) is 100 Å². The highest BCUT2D eigenvalue weighted by atomic mass is 16.5. The van der Waals surface area contributed by atoms with Gasteiger partial charge in [-0.1, -0.05) is 81.0 Å². The summed E-state index contributed by atoms with van der Waals surface area (Å²) in [7, 11) is 0. The van der Waals surface area contributed by atoms with Crippen LogP contribution < -0.4 is 4.74 Å². The Morgan fingerprint density at radius 2 is 1.33 bits per heavy atom. The van der Waals surface area contributed by atoms with E-state index >= 15 is 0 Å². The van der Waals surface area contributed by atoms with Crippen molar-refractivity contribution in [2.45, 2.75) is 52.4 Å². The molecule has 0 fully saturated rings. The normalized spacial score (nSPS) is 11.6. The summed E-state index contributed by atoms with van der Waals surface area (Å²) in [6.45, 7) is 5.09. The monoisotopic (exact) mass is 477 g/mol. The van der Waals surface area contributed by atoms with Gasteiger partial charge in [-0.15, -0.1) is 5.11 Å². The number of aryl methyl sites for hydroxylation is 1. The molecule has 4 aromatic rings. The summed E-state index contributed by atoms with van der Waals surface area (Å²) < 4.78 is 5.90. The summed E-state index contributed by atoms with van der Waals surface area (Å²) in [6.07, 6.45) is 9.51. The second-order valence-corrected chi connectivity index (χ2v) is 9.13. The summed E-state index contributed by atoms with van der Waals surface area (Å²) in [6, 6.07) is 28.3. The summed E-state index contributed by atoms with van der Waals surface area (Å²) in [5.74, 6) is 0.912. The summed E-state index contributed by atoms with van der Waals surface area (Å²) in [5.41, 5.74) is 4.82. The molecule has 0 aliphatic heterocycles. The van der Waals surface area contributed by atoms with Crippen LogP contribution in [0, 0.1) is 6.92 Å². The zero-order chi connectivity index (χ0) is 25.0. The molecule has 4 aromatic carbocycles. The van der Waals surface area contributed by atoms with Crippen LogP contribution in [0.4, 0.5) is 17.1 Å². The smallest absolute Gasteiger partial charge is 0.119 e. The molecule has 184 valence electrons. The number of azo groups is 1. The molecule has 0 saturated heterocycles. The number of unbranched alkanes of at least 4 members (excludes halogenated alkanes) is 5. The lowest BCUT2D eigenvalue weighted by atomic mass is 10.1. The zero-order valence-electron chi connectivity index (χ0n) is 21.4. The van der Waals surface area contributed by atoms with Gasteiger partial charge in [0.15, 0.2) is 0 Å². The predicted molar refractivity (Wildman–Crippen MR) is 152 cm³/mol. The Morgan fingerprint density at radius 3 is 2.08 bits per heavy atom. The number of rotatable bonds is 12. The number of ether oxygens (including phenoxy) is 1. The number of fused-ring (bicyclic) bond motifs is 1. The fraction of sp³-hybridized carbons (Fsp3) is 0.281. The van der Waals surface area contributed by atoms with E-state index in [1.54, 1.807) is 0 Å². The van der Waals surface area contributed by atoms with Crippen LogP contribution in [-0.2, 0) is 0 Å². The average molecular weight is 478 g/mol. The molecular weight excluding hydrogens is 442 g/mol. The van der Waals surface area contributed by atoms with Crippen molar-refractivity contribution in [2.75, 3.05) is 6.61 Å². The number of hydrogen-bond donors (Lipinski definition) is 0. The van der Waals surface area contributed by atoms with Crippen LogP contribution in [0.5, 0.6) is 5.75 Å². The molecular formula is C32H35N3O. The van der Waals surface area contributed by atoms with E-state index in [9.17, 15) is 0 Å². The van der Waals surface area contributed by atoms with Crippen molar-refractivity contribution >= 4 is 34.0 Å². The molecule has 0 spiro atoms. The Morgan fingerprint density at radius 1 is 0.667 bits per heavy atom. The third-order valence-corrected chi connectivity index (χ3v) is 6.18. The molecule has 0 heterocycles. The lowest BCUT2D eigenvalue weighted by Gasteiger charge is -2.07. The Bertz CT molecular complexity index is 1290. The van der Waals surface area contributed by atoms with Crippen LogP contribution in [0.3, 0.4) is 0 Å². The third kappa shape index (κ3) is 7.35. The van der Waals surface area contributed by atoms with Crippen LogP contribution in [0.25, 0.3) is 10.8 Å². The molecule has 4 rings (SSSR count). The van der Waals surface area contributed by atoms with Gasteiger partial charge in [-0.3, -0.25) is 4.99 Å². The molecule has 0 bridgehead atoms. The lowest BCUT2D eigenvalue weighted by Crippen LogP contribution is -1.97. The van der Waals surface area contributed by atoms with Gasteiger partial charge >= 0.3 is 0 Å². The second kappa shape index (κ2) is 13.3. The maximum Gasteiger partial charge on any atom is 0.119 e. The van der Waals surface area contributed by atoms with E-state index < -0.39 is 0 Å². The first kappa shape index (κ1) is 25.3. The van der Waals surface area contributed by atoms with Crippen LogP contribution in [0.2, 0.25) is 0 Å². The fourth-order valence-corrected chi connectivity index (χ4v) is 4.06. The Kier molecular flexibility index (Phi) is 9.38. The third-order valence-electron chi connectivity index (χ3n) is 6.18. The van der Waals surface area contributed by atoms with E-state index in [0.29, 0.717) is 0 Å². The first-order chi connectivity index (χ1) is 17.7. The summed E-state index contributed by atoms with van der Waals surface area (Å²) in [5, 5.41) is 11.0. The summed E-state index contributed by atoms with van der Waals surface area (Å²) in [4.78, 5) is 4.78. The molecule has 0 aromatic heterocycles. The van der Waals surface area contributed by atoms with E-state index in [4.69, 9.17) is 9.73 Å². The van der Waals surface area contributed by atoms with Crippen molar-refractivity contribution in [3.05, 3.63) is 96.1 Å². The first-order valence-corrected chi connectivity index (χ1v) is 13.0. The molecule has 4 heteroatoms. The SMILES string of the molecule is CCCCCCCCOc1ccc(C=Nc2ccc(N=Nc3ccc(C)cc3)c3ccccc23)cc1. The van der Waals surface area contributed by atoms with Crippen molar-refractivity contribution in [1.82, 2.24) is 0 Å². The van der Waals surface area contributed by atoms with E-state index in [2.05, 4.69) is 36.2 Å². The van der Waals surface area contributed by atoms with Gasteiger partial charge < -0.3 is 4.74 Å². The largest absolute Gasteiger partial charge is 0.494 e. The van der Waals surface area contributed by atoms with Crippen LogP contribution >= 0.6 is 0 Å². The molecule has 0 atom stereocenters. The number of hydrogen-bond acceptors (Lipinski definition) is 4. The summed E-state index contributed by atoms with van der Waals surface area (Å²) >= 11 is 0. The van der Waals surface area contributed by atoms with Crippen LogP contribution in [-0.4, -0.2) is 12.8 Å². The topological polar surface area (TPSA) is 46.3 Å². The zero-order valence-corrected chi connectivity index (χ0v) is 21.4. The maximum absolute atomic E-state index is 5.90. The van der Waals surface area contributed by atoms with Gasteiger partial charge in [0.1, 0.15) is 5.75 Å². The van der Waals surface area contributed by atoms with Gasteiger partial charge in [-0.05, 0) is 67.4 Å². The average Bonchev–Trinajstić information content (AvgIpc) is 2.92. The van der Waals surface area contributed by atoms with E-state index in [1.165, 1.54) is 37.7 Å². The van der Waals surface area contributed by atoms with Crippen molar-refractivity contribution < 1.29 is 4.74 Å². The molecule has 0 N–H and O–H groups in total. The number of benzene rings is 4. The van der Waals surface area contributed by atoms with Crippen molar-refractivity contribution in [3.63, 3.8) is 0 Å². The lowest BCUT2D eigenvalue weighted by molar-refractivity contribution is 0.304. The Labute approximate surface area is 214 Å². The van der Waals surface area contributed by atoms with E-state index in [-0.39, 0.29) is 0 Å². The van der Waals surface area contributed by atoms with Gasteiger partial charge in [-0.2, -0.15) is 5.11 Å². The molecule has 36 heavy (non-hydrogen) atoms. The quantitative estimate of drug-likeness (QED) is 0.114. The highest BCUT2D eigenvalue weighted by molar-refractivity contribution is 6.01. The first-order valence-electron chi connectivity index (χ1n) is 13.0. The van der Waals surface area contributed by atoms with Gasteiger partial charge in [0.05, 0.1) is 23.7 Å². The Balaban J connectivity index is 1.39. The number of aliphatic imine (C=N–C) groups is 1. The van der Waals surface area contributed by atoms with E-state index in [0.717, 1.165) is 52.2 Å². The molecule has 0 saturated carbocycles. The standard InChI is InChI=1S/C32H35N3O/c1-3-4-5-6-7-10-23-36-28-19-15-26(16-20-28)24-33-31-21-22-32(30-12-9-8-11-29(30)31)35-34-27-17-13-25(2)14-18-27/h8-9,11-22,24H,3-7,10,23H2,1-2H3. The maximum atomic E-state index is 5.90. The van der Waals surface area contributed by atoms with Gasteiger partial charge in [0.25, 0.3) is 0 Å². The predicted octanol–water partition coefficient (Wildman–Crippen LogP) is 10.1. The van der Waals surface area contributed by atoms with Crippen molar-refractivity contribution in [3.8, 4) is 5.75 Å². The molecule has 0 unspecified atom stereocenters. The molecule has 4 nitrogen and oxygen atoms in total. The van der Waals surface area contributed by atoms with Crippen LogP contribution in [0.1, 0.15) is 56.6 Å². The van der Waals surface area contributed by atoms with E-state index in [1.807, 2.05) is 79.0 Å². The fourth-order valence-electron chi connectivity index (χ4n) is 4.06. The van der Waals surface area contributed by atoms with Crippen molar-refractivity contribution in [1.29, 1.82) is 0 Å². The molecule has 0 aliphatic carbocycles. The molecule has 0 aliphatic rings. The van der Waals surface area contributed by atoms with Gasteiger partial charge in [-0.25, -0.2) is 0 Å². The van der Waals surface area contributed by atoms with Crippen molar-refractivity contribution in [2.24, 2.45) is 15.2 Å². The van der Waals surface area contributed by atoms with Gasteiger partial charge in [0, 0.05) is 17.0 Å². The Hall–Kier alpha value is -3.79. The highest BCUT2D eigenvalue weighted by Crippen LogP contribution is 2.34. The molecule has 0 radical (unpaired) electrons.